The number of aliphatic hydroxyl groups excluding tert-OH is 1. The van der Waals surface area contributed by atoms with Crippen molar-refractivity contribution in [3.05, 3.63) is 87.8 Å². The van der Waals surface area contributed by atoms with Crippen LogP contribution >= 0.6 is 15.9 Å². The Morgan fingerprint density at radius 1 is 1.07 bits per heavy atom. The van der Waals surface area contributed by atoms with Crippen LogP contribution in [0.1, 0.15) is 23.1 Å². The first-order valence-electron chi connectivity index (χ1n) is 9.18. The van der Waals surface area contributed by atoms with Gasteiger partial charge in [0.05, 0.1) is 18.2 Å². The number of aryl methyl sites for hydroxylation is 1. The van der Waals surface area contributed by atoms with E-state index in [1.165, 1.54) is 12.0 Å². The van der Waals surface area contributed by atoms with Crippen LogP contribution in [-0.2, 0) is 9.59 Å². The Hall–Kier alpha value is -3.32. The Morgan fingerprint density at radius 3 is 2.40 bits per heavy atom. The smallest absolute Gasteiger partial charge is 0.300 e. The number of rotatable bonds is 4. The number of amides is 1. The van der Waals surface area contributed by atoms with Crippen molar-refractivity contribution in [1.82, 2.24) is 0 Å². The van der Waals surface area contributed by atoms with Gasteiger partial charge in [-0.2, -0.15) is 0 Å². The van der Waals surface area contributed by atoms with Crippen molar-refractivity contribution < 1.29 is 23.8 Å². The van der Waals surface area contributed by atoms with Gasteiger partial charge in [0.2, 0.25) is 0 Å². The second-order valence-electron chi connectivity index (χ2n) is 6.79. The minimum atomic E-state index is -0.912. The van der Waals surface area contributed by atoms with Crippen LogP contribution in [0.25, 0.3) is 5.76 Å². The molecule has 1 fully saturated rings. The zero-order valence-corrected chi connectivity index (χ0v) is 17.8. The van der Waals surface area contributed by atoms with Crippen molar-refractivity contribution in [2.24, 2.45) is 0 Å². The fraction of sp³-hybridized carbons (Fsp3) is 0.130. The molecule has 0 spiro atoms. The normalized spacial score (nSPS) is 18.1. The lowest BCUT2D eigenvalue weighted by atomic mass is 9.98. The fourth-order valence-corrected chi connectivity index (χ4v) is 3.82. The van der Waals surface area contributed by atoms with Gasteiger partial charge >= 0.3 is 0 Å². The molecule has 2 aromatic carbocycles. The van der Waals surface area contributed by atoms with E-state index in [0.717, 1.165) is 4.47 Å². The number of nitrogens with zero attached hydrogens (tertiary/aromatic N) is 1. The van der Waals surface area contributed by atoms with Crippen molar-refractivity contribution in [3.63, 3.8) is 0 Å². The van der Waals surface area contributed by atoms with Crippen molar-refractivity contribution in [3.8, 4) is 5.75 Å². The lowest BCUT2D eigenvalue weighted by molar-refractivity contribution is -0.132. The van der Waals surface area contributed by atoms with Gasteiger partial charge in [-0.3, -0.25) is 14.5 Å². The molecule has 1 amide bonds. The maximum absolute atomic E-state index is 13.1. The first kappa shape index (κ1) is 20.0. The number of aliphatic hydroxyl groups is 1. The quantitative estimate of drug-likeness (QED) is 0.332. The molecule has 1 aliphatic rings. The number of furan rings is 1. The van der Waals surface area contributed by atoms with Gasteiger partial charge < -0.3 is 14.3 Å². The summed E-state index contributed by atoms with van der Waals surface area (Å²) < 4.78 is 11.9. The predicted molar refractivity (Wildman–Crippen MR) is 115 cm³/mol. The third-order valence-corrected chi connectivity index (χ3v) is 5.47. The number of methoxy groups -OCH3 is 1. The molecule has 0 bridgehead atoms. The number of ketones is 1. The monoisotopic (exact) mass is 467 g/mol. The number of anilines is 1. The van der Waals surface area contributed by atoms with Gasteiger partial charge in [0.1, 0.15) is 29.1 Å². The lowest BCUT2D eigenvalue weighted by Crippen LogP contribution is -2.29. The molecule has 3 aromatic rings. The summed E-state index contributed by atoms with van der Waals surface area (Å²) in [6.45, 7) is 1.77. The second kappa shape index (κ2) is 7.84. The predicted octanol–water partition coefficient (Wildman–Crippen LogP) is 4.99. The van der Waals surface area contributed by atoms with Crippen molar-refractivity contribution in [2.45, 2.75) is 13.0 Å². The van der Waals surface area contributed by atoms with Gasteiger partial charge in [0, 0.05) is 10.2 Å². The molecule has 1 aromatic heterocycles. The summed E-state index contributed by atoms with van der Waals surface area (Å²) >= 11 is 3.37. The molecule has 7 heteroatoms. The highest BCUT2D eigenvalue weighted by atomic mass is 79.9. The summed E-state index contributed by atoms with van der Waals surface area (Å²) in [7, 11) is 1.47. The van der Waals surface area contributed by atoms with E-state index in [9.17, 15) is 14.7 Å². The first-order valence-corrected chi connectivity index (χ1v) is 9.98. The van der Waals surface area contributed by atoms with Gasteiger partial charge in [0.25, 0.3) is 11.7 Å². The van der Waals surface area contributed by atoms with Gasteiger partial charge in [0.15, 0.2) is 0 Å². The Bertz CT molecular complexity index is 1160. The SMILES string of the molecule is COc1ccccc1/C(O)=C1/C(=O)C(=O)N(c2ccc(Br)cc2)C1c1ccc(C)o1. The molecule has 2 heterocycles. The highest BCUT2D eigenvalue weighted by molar-refractivity contribution is 9.10. The number of benzene rings is 2. The molecule has 6 nitrogen and oxygen atoms in total. The molecule has 1 unspecified atom stereocenters. The maximum atomic E-state index is 13.1. The van der Waals surface area contributed by atoms with Gasteiger partial charge in [-0.15, -0.1) is 0 Å². The van der Waals surface area contributed by atoms with Gasteiger partial charge in [-0.05, 0) is 55.5 Å². The molecule has 1 atom stereocenters. The molecule has 1 aliphatic heterocycles. The third-order valence-electron chi connectivity index (χ3n) is 4.94. The lowest BCUT2D eigenvalue weighted by Gasteiger charge is -2.23. The van der Waals surface area contributed by atoms with Crippen LogP contribution < -0.4 is 9.64 Å². The zero-order chi connectivity index (χ0) is 21.4. The largest absolute Gasteiger partial charge is 0.507 e. The number of hydrogen-bond donors (Lipinski definition) is 1. The van der Waals surface area contributed by atoms with E-state index < -0.39 is 17.7 Å². The summed E-state index contributed by atoms with van der Waals surface area (Å²) in [4.78, 5) is 27.4. The molecule has 1 saturated heterocycles. The summed E-state index contributed by atoms with van der Waals surface area (Å²) in [5.74, 6) is -0.452. The number of carbonyl (C=O) groups excluding carboxylic acids is 2. The van der Waals surface area contributed by atoms with Crippen LogP contribution in [0.5, 0.6) is 5.75 Å². The summed E-state index contributed by atoms with van der Waals surface area (Å²) in [5.41, 5.74) is 0.780. The molecule has 1 N–H and O–H groups in total. The number of carbonyl (C=O) groups is 2. The molecule has 30 heavy (non-hydrogen) atoms. The average molecular weight is 468 g/mol. The fourth-order valence-electron chi connectivity index (χ4n) is 3.56. The van der Waals surface area contributed by atoms with E-state index in [1.807, 2.05) is 0 Å². The minimum absolute atomic E-state index is 0.0539. The van der Waals surface area contributed by atoms with Crippen LogP contribution in [0.2, 0.25) is 0 Å². The Morgan fingerprint density at radius 2 is 1.77 bits per heavy atom. The van der Waals surface area contributed by atoms with Crippen LogP contribution in [0.3, 0.4) is 0 Å². The number of halogens is 1. The highest BCUT2D eigenvalue weighted by Gasteiger charge is 2.48. The highest BCUT2D eigenvalue weighted by Crippen LogP contribution is 2.43. The van der Waals surface area contributed by atoms with Crippen LogP contribution in [0, 0.1) is 6.92 Å². The van der Waals surface area contributed by atoms with Gasteiger partial charge in [-0.1, -0.05) is 28.1 Å². The molecular weight excluding hydrogens is 450 g/mol. The third kappa shape index (κ3) is 3.31. The van der Waals surface area contributed by atoms with E-state index >= 15 is 0 Å². The molecule has 0 radical (unpaired) electrons. The molecule has 4 rings (SSSR count). The van der Waals surface area contributed by atoms with E-state index in [-0.39, 0.29) is 11.3 Å². The van der Waals surface area contributed by atoms with Crippen LogP contribution in [0.4, 0.5) is 5.69 Å². The Kier molecular flexibility index (Phi) is 5.22. The van der Waals surface area contributed by atoms with E-state index in [2.05, 4.69) is 15.9 Å². The van der Waals surface area contributed by atoms with Gasteiger partial charge in [-0.25, -0.2) is 0 Å². The average Bonchev–Trinajstić information content (AvgIpc) is 3.29. The van der Waals surface area contributed by atoms with Crippen LogP contribution in [-0.4, -0.2) is 23.9 Å². The Balaban J connectivity index is 1.96. The summed E-state index contributed by atoms with van der Waals surface area (Å²) in [6.07, 6.45) is 0. The Labute approximate surface area is 181 Å². The number of hydrogen-bond acceptors (Lipinski definition) is 5. The standard InChI is InChI=1S/C23H18BrNO5/c1-13-7-12-18(30-13)20-19(21(26)16-5-3-4-6-17(16)29-2)22(27)23(28)25(20)15-10-8-14(24)9-11-15/h3-12,20,26H,1-2H3/b21-19-. The number of ether oxygens (including phenoxy) is 1. The van der Waals surface area contributed by atoms with Crippen molar-refractivity contribution in [2.75, 3.05) is 12.0 Å². The summed E-state index contributed by atoms with van der Waals surface area (Å²) in [5, 5.41) is 11.1. The van der Waals surface area contributed by atoms with E-state index in [1.54, 1.807) is 67.6 Å². The number of para-hydroxylation sites is 1. The second-order valence-corrected chi connectivity index (χ2v) is 7.71. The minimum Gasteiger partial charge on any atom is -0.507 e. The maximum Gasteiger partial charge on any atom is 0.300 e. The molecule has 152 valence electrons. The topological polar surface area (TPSA) is 80.0 Å². The number of Topliss-reactive ketones (excluding diaryl/α,β-unsaturated/α-hetero) is 1. The molecular formula is C23H18BrNO5. The molecule has 0 aliphatic carbocycles. The molecule has 0 saturated carbocycles. The van der Waals surface area contributed by atoms with Crippen molar-refractivity contribution in [1.29, 1.82) is 0 Å². The first-order chi connectivity index (χ1) is 14.4. The van der Waals surface area contributed by atoms with Crippen LogP contribution in [0.15, 0.2) is 75.1 Å². The van der Waals surface area contributed by atoms with Crippen molar-refractivity contribution >= 4 is 39.1 Å². The van der Waals surface area contributed by atoms with E-state index in [0.29, 0.717) is 28.5 Å². The summed E-state index contributed by atoms with van der Waals surface area (Å²) in [6, 6.07) is 16.3. The zero-order valence-electron chi connectivity index (χ0n) is 16.3. The van der Waals surface area contributed by atoms with E-state index in [4.69, 9.17) is 9.15 Å².